The second-order valence-corrected chi connectivity index (χ2v) is 10.0. The number of nitrogens with zero attached hydrogens (tertiary/aromatic N) is 5. The largest absolute Gasteiger partial charge is 0.338 e. The van der Waals surface area contributed by atoms with E-state index in [0.29, 0.717) is 49.3 Å². The van der Waals surface area contributed by atoms with E-state index in [1.807, 2.05) is 24.3 Å². The van der Waals surface area contributed by atoms with Crippen LogP contribution in [-0.4, -0.2) is 58.9 Å². The second-order valence-electron chi connectivity index (χ2n) is 8.07. The van der Waals surface area contributed by atoms with Crippen LogP contribution < -0.4 is 0 Å². The predicted octanol–water partition coefficient (Wildman–Crippen LogP) is 2.52. The molecule has 31 heavy (non-hydrogen) atoms. The molecule has 2 aliphatic rings. The summed E-state index contributed by atoms with van der Waals surface area (Å²) < 4.78 is 33.3. The third-order valence-electron chi connectivity index (χ3n) is 6.04. The Bertz CT molecular complexity index is 1150. The van der Waals surface area contributed by atoms with Crippen molar-refractivity contribution >= 4 is 10.0 Å². The van der Waals surface area contributed by atoms with Crippen molar-refractivity contribution in [1.82, 2.24) is 24.3 Å². The molecule has 3 heterocycles. The molecule has 0 unspecified atom stereocenters. The van der Waals surface area contributed by atoms with Crippen LogP contribution in [-0.2, 0) is 29.4 Å². The number of fused-ring (bicyclic) bond motifs is 1. The smallest absolute Gasteiger partial charge is 0.243 e. The van der Waals surface area contributed by atoms with Crippen LogP contribution in [0.15, 0.2) is 52.1 Å². The molecule has 3 aromatic rings. The summed E-state index contributed by atoms with van der Waals surface area (Å²) in [6.07, 6.45) is 7.73. The zero-order chi connectivity index (χ0) is 21.3. The van der Waals surface area contributed by atoms with E-state index in [4.69, 9.17) is 4.52 Å². The molecule has 0 saturated carbocycles. The van der Waals surface area contributed by atoms with E-state index in [1.54, 1.807) is 22.8 Å². The number of benzene rings is 1. The number of aromatic nitrogens is 3. The van der Waals surface area contributed by atoms with Crippen LogP contribution in [0.2, 0.25) is 0 Å². The Morgan fingerprint density at radius 1 is 1.00 bits per heavy atom. The predicted molar refractivity (Wildman–Crippen MR) is 115 cm³/mol. The molecule has 0 spiro atoms. The van der Waals surface area contributed by atoms with Gasteiger partial charge in [-0.25, -0.2) is 8.42 Å². The third-order valence-corrected chi connectivity index (χ3v) is 7.93. The van der Waals surface area contributed by atoms with Crippen molar-refractivity contribution in [3.8, 4) is 11.4 Å². The van der Waals surface area contributed by atoms with Crippen LogP contribution in [0.4, 0.5) is 0 Å². The van der Waals surface area contributed by atoms with E-state index in [0.717, 1.165) is 24.8 Å². The highest BCUT2D eigenvalue weighted by atomic mass is 32.2. The Kier molecular flexibility index (Phi) is 5.56. The molecular formula is C22H25N5O3S. The van der Waals surface area contributed by atoms with Gasteiger partial charge in [-0.3, -0.25) is 9.88 Å². The lowest BCUT2D eigenvalue weighted by Crippen LogP contribution is -2.48. The summed E-state index contributed by atoms with van der Waals surface area (Å²) in [4.78, 5) is 11.1. The van der Waals surface area contributed by atoms with Crippen LogP contribution in [0.25, 0.3) is 11.4 Å². The van der Waals surface area contributed by atoms with Gasteiger partial charge in [0.05, 0.1) is 11.4 Å². The first kappa shape index (κ1) is 20.3. The SMILES string of the molecule is O=S(=O)(c1ccc2c(c1)CCCC2)N1CCN(Cc2nc(-c3cccnc3)no2)CC1. The number of rotatable bonds is 5. The van der Waals surface area contributed by atoms with Gasteiger partial charge in [0.25, 0.3) is 0 Å². The van der Waals surface area contributed by atoms with Crippen molar-refractivity contribution in [2.24, 2.45) is 0 Å². The zero-order valence-corrected chi connectivity index (χ0v) is 18.1. The molecule has 0 bridgehead atoms. The molecule has 9 heteroatoms. The summed E-state index contributed by atoms with van der Waals surface area (Å²) in [5.74, 6) is 1.03. The molecule has 5 rings (SSSR count). The molecule has 0 radical (unpaired) electrons. The average Bonchev–Trinajstić information content (AvgIpc) is 3.28. The lowest BCUT2D eigenvalue weighted by Gasteiger charge is -2.33. The molecular weight excluding hydrogens is 414 g/mol. The van der Waals surface area contributed by atoms with E-state index >= 15 is 0 Å². The van der Waals surface area contributed by atoms with Gasteiger partial charge >= 0.3 is 0 Å². The minimum Gasteiger partial charge on any atom is -0.338 e. The van der Waals surface area contributed by atoms with Crippen LogP contribution >= 0.6 is 0 Å². The molecule has 8 nitrogen and oxygen atoms in total. The average molecular weight is 440 g/mol. The fraction of sp³-hybridized carbons (Fsp3) is 0.409. The van der Waals surface area contributed by atoms with Gasteiger partial charge in [0.15, 0.2) is 0 Å². The maximum Gasteiger partial charge on any atom is 0.243 e. The summed E-state index contributed by atoms with van der Waals surface area (Å²) in [6, 6.07) is 9.35. The molecule has 0 N–H and O–H groups in total. The van der Waals surface area contributed by atoms with Crippen LogP contribution in [0, 0.1) is 0 Å². The number of pyridine rings is 1. The summed E-state index contributed by atoms with van der Waals surface area (Å²) in [7, 11) is -3.48. The van der Waals surface area contributed by atoms with E-state index in [1.165, 1.54) is 17.5 Å². The maximum absolute atomic E-state index is 13.2. The minimum absolute atomic E-state index is 0.416. The quantitative estimate of drug-likeness (QED) is 0.603. The van der Waals surface area contributed by atoms with Gasteiger partial charge in [-0.05, 0) is 61.1 Å². The van der Waals surface area contributed by atoms with Crippen molar-refractivity contribution in [1.29, 1.82) is 0 Å². The van der Waals surface area contributed by atoms with E-state index < -0.39 is 10.0 Å². The first-order valence-electron chi connectivity index (χ1n) is 10.7. The van der Waals surface area contributed by atoms with E-state index in [2.05, 4.69) is 20.0 Å². The first-order valence-corrected chi connectivity index (χ1v) is 12.1. The normalized spacial score (nSPS) is 18.1. The van der Waals surface area contributed by atoms with Crippen molar-refractivity contribution < 1.29 is 12.9 Å². The number of aryl methyl sites for hydroxylation is 2. The Balaban J connectivity index is 1.22. The molecule has 1 aliphatic carbocycles. The molecule has 162 valence electrons. The summed E-state index contributed by atoms with van der Waals surface area (Å²) in [5, 5.41) is 4.02. The number of hydrogen-bond acceptors (Lipinski definition) is 7. The highest BCUT2D eigenvalue weighted by Gasteiger charge is 2.29. The monoisotopic (exact) mass is 439 g/mol. The molecule has 2 aromatic heterocycles. The maximum atomic E-state index is 13.2. The minimum atomic E-state index is -3.48. The summed E-state index contributed by atoms with van der Waals surface area (Å²) in [5.41, 5.74) is 3.28. The van der Waals surface area contributed by atoms with Gasteiger partial charge in [-0.15, -0.1) is 0 Å². The molecule has 1 aliphatic heterocycles. The standard InChI is InChI=1S/C22H25N5O3S/c28-31(29,20-8-7-17-4-1-2-5-18(17)14-20)27-12-10-26(11-13-27)16-21-24-22(25-30-21)19-6-3-9-23-15-19/h3,6-9,14-15H,1-2,4-5,10-13,16H2. The van der Waals surface area contributed by atoms with Gasteiger partial charge in [0.2, 0.25) is 21.7 Å². The highest BCUT2D eigenvalue weighted by Crippen LogP contribution is 2.26. The number of hydrogen-bond donors (Lipinski definition) is 0. The fourth-order valence-corrected chi connectivity index (χ4v) is 5.74. The zero-order valence-electron chi connectivity index (χ0n) is 17.3. The van der Waals surface area contributed by atoms with Gasteiger partial charge in [-0.2, -0.15) is 9.29 Å². The molecule has 1 saturated heterocycles. The van der Waals surface area contributed by atoms with Crippen molar-refractivity contribution in [3.05, 3.63) is 59.7 Å². The van der Waals surface area contributed by atoms with E-state index in [9.17, 15) is 8.42 Å². The number of sulfonamides is 1. The van der Waals surface area contributed by atoms with Crippen molar-refractivity contribution in [2.75, 3.05) is 26.2 Å². The molecule has 1 fully saturated rings. The Morgan fingerprint density at radius 3 is 2.58 bits per heavy atom. The van der Waals surface area contributed by atoms with Crippen LogP contribution in [0.3, 0.4) is 0 Å². The van der Waals surface area contributed by atoms with E-state index in [-0.39, 0.29) is 0 Å². The number of piperazine rings is 1. The van der Waals surface area contributed by atoms with Crippen molar-refractivity contribution in [3.63, 3.8) is 0 Å². The fourth-order valence-electron chi connectivity index (χ4n) is 4.27. The van der Waals surface area contributed by atoms with Gasteiger partial charge < -0.3 is 4.52 Å². The van der Waals surface area contributed by atoms with Gasteiger partial charge in [0, 0.05) is 44.1 Å². The van der Waals surface area contributed by atoms with Crippen LogP contribution in [0.1, 0.15) is 29.9 Å². The topological polar surface area (TPSA) is 92.4 Å². The first-order chi connectivity index (χ1) is 15.1. The van der Waals surface area contributed by atoms with Crippen LogP contribution in [0.5, 0.6) is 0 Å². The lowest BCUT2D eigenvalue weighted by atomic mass is 9.92. The Labute approximate surface area is 182 Å². The molecule has 1 aromatic carbocycles. The highest BCUT2D eigenvalue weighted by molar-refractivity contribution is 7.89. The summed E-state index contributed by atoms with van der Waals surface area (Å²) >= 11 is 0. The molecule has 0 atom stereocenters. The van der Waals surface area contributed by atoms with Gasteiger partial charge in [-0.1, -0.05) is 11.2 Å². The third kappa shape index (κ3) is 4.26. The van der Waals surface area contributed by atoms with Crippen molar-refractivity contribution in [2.45, 2.75) is 37.1 Å². The molecule has 0 amide bonds. The Hall–Kier alpha value is -2.62. The Morgan fingerprint density at radius 2 is 1.81 bits per heavy atom. The second kappa shape index (κ2) is 8.49. The summed E-state index contributed by atoms with van der Waals surface area (Å²) in [6.45, 7) is 2.63. The van der Waals surface area contributed by atoms with Gasteiger partial charge in [0.1, 0.15) is 0 Å². The lowest BCUT2D eigenvalue weighted by molar-refractivity contribution is 0.163.